The Morgan fingerprint density at radius 3 is 2.42 bits per heavy atom. The van der Waals surface area contributed by atoms with Gasteiger partial charge in [0.1, 0.15) is 0 Å². The average Bonchev–Trinajstić information content (AvgIpc) is 2.33. The minimum atomic E-state index is -3.37. The third kappa shape index (κ3) is 6.61. The molecule has 110 valence electrons. The first-order valence-electron chi connectivity index (χ1n) is 5.88. The van der Waals surface area contributed by atoms with Crippen molar-refractivity contribution in [2.75, 3.05) is 23.3 Å². The molecule has 0 aliphatic heterocycles. The standard InChI is InChI=1S/C9H15N2O4PS.C2H6/c1-3-15-16(12)9-6-7(4-5-8(9)10)11-17(2,13)14;1-2/h4-6,11,16H,3,10H2,1-2H3;1-2H3. The summed E-state index contributed by atoms with van der Waals surface area (Å²) < 4.78 is 41.1. The number of nitrogens with one attached hydrogen (secondary N) is 1. The number of anilines is 2. The van der Waals surface area contributed by atoms with Crippen LogP contribution in [0, 0.1) is 0 Å². The molecule has 0 bridgehead atoms. The smallest absolute Gasteiger partial charge is 0.229 e. The Balaban J connectivity index is 0.00000154. The van der Waals surface area contributed by atoms with Gasteiger partial charge in [0.15, 0.2) is 0 Å². The number of nitrogens with two attached hydrogens (primary N) is 1. The van der Waals surface area contributed by atoms with Crippen LogP contribution in [0.15, 0.2) is 18.2 Å². The van der Waals surface area contributed by atoms with E-state index >= 15 is 0 Å². The van der Waals surface area contributed by atoms with Crippen LogP contribution >= 0.6 is 8.03 Å². The zero-order valence-corrected chi connectivity index (χ0v) is 13.4. The maximum atomic E-state index is 11.7. The predicted molar refractivity (Wildman–Crippen MR) is 80.9 cm³/mol. The molecule has 0 heterocycles. The quantitative estimate of drug-likeness (QED) is 0.638. The van der Waals surface area contributed by atoms with Crippen molar-refractivity contribution in [3.05, 3.63) is 18.2 Å². The van der Waals surface area contributed by atoms with Gasteiger partial charge in [0, 0.05) is 11.4 Å². The minimum absolute atomic E-state index is 0.307. The SMILES string of the molecule is CC.CCO[PH](=O)c1cc(NS(C)(=O)=O)ccc1N. The lowest BCUT2D eigenvalue weighted by molar-refractivity contribution is 0.357. The first-order valence-corrected chi connectivity index (χ1v) is 9.08. The minimum Gasteiger partial charge on any atom is -0.398 e. The molecule has 0 aliphatic carbocycles. The largest absolute Gasteiger partial charge is 0.398 e. The van der Waals surface area contributed by atoms with E-state index < -0.39 is 18.1 Å². The molecule has 0 radical (unpaired) electrons. The summed E-state index contributed by atoms with van der Waals surface area (Å²) in [6.07, 6.45) is 1.04. The van der Waals surface area contributed by atoms with E-state index in [-0.39, 0.29) is 0 Å². The molecule has 6 nitrogen and oxygen atoms in total. The van der Waals surface area contributed by atoms with E-state index in [1.807, 2.05) is 13.8 Å². The fourth-order valence-corrected chi connectivity index (χ4v) is 2.78. The van der Waals surface area contributed by atoms with Crippen molar-refractivity contribution in [2.24, 2.45) is 0 Å². The summed E-state index contributed by atoms with van der Waals surface area (Å²) in [5.74, 6) is 0. The Hall–Kier alpha value is -1.04. The molecule has 0 aromatic heterocycles. The molecule has 0 spiro atoms. The summed E-state index contributed by atoms with van der Waals surface area (Å²) in [6, 6.07) is 4.42. The molecule has 0 amide bonds. The third-order valence-electron chi connectivity index (χ3n) is 1.85. The van der Waals surface area contributed by atoms with E-state index in [2.05, 4.69) is 4.72 Å². The van der Waals surface area contributed by atoms with Crippen molar-refractivity contribution in [2.45, 2.75) is 20.8 Å². The highest BCUT2D eigenvalue weighted by molar-refractivity contribution is 7.92. The van der Waals surface area contributed by atoms with Gasteiger partial charge in [-0.2, -0.15) is 0 Å². The summed E-state index contributed by atoms with van der Waals surface area (Å²) >= 11 is 0. The molecule has 1 unspecified atom stereocenters. The number of hydrogen-bond donors (Lipinski definition) is 2. The lowest BCUT2D eigenvalue weighted by atomic mass is 10.3. The average molecular weight is 308 g/mol. The number of hydrogen-bond acceptors (Lipinski definition) is 5. The van der Waals surface area contributed by atoms with Crippen LogP contribution in [-0.4, -0.2) is 21.3 Å². The van der Waals surface area contributed by atoms with Gasteiger partial charge in [-0.05, 0) is 25.1 Å². The Labute approximate surface area is 115 Å². The van der Waals surface area contributed by atoms with Crippen LogP contribution in [-0.2, 0) is 19.1 Å². The normalized spacial score (nSPS) is 12.2. The van der Waals surface area contributed by atoms with Crippen LogP contribution in [0.5, 0.6) is 0 Å². The van der Waals surface area contributed by atoms with Gasteiger partial charge in [-0.25, -0.2) is 8.42 Å². The van der Waals surface area contributed by atoms with E-state index in [1.165, 1.54) is 18.2 Å². The van der Waals surface area contributed by atoms with Gasteiger partial charge in [0.2, 0.25) is 18.1 Å². The van der Waals surface area contributed by atoms with Gasteiger partial charge in [-0.15, -0.1) is 0 Å². The van der Waals surface area contributed by atoms with Crippen LogP contribution < -0.4 is 15.8 Å². The molecule has 0 saturated heterocycles. The molecular formula is C11H21N2O4PS. The first kappa shape index (κ1) is 18.0. The topological polar surface area (TPSA) is 98.5 Å². The number of rotatable bonds is 5. The van der Waals surface area contributed by atoms with Crippen LogP contribution in [0.3, 0.4) is 0 Å². The molecule has 19 heavy (non-hydrogen) atoms. The summed E-state index contributed by atoms with van der Waals surface area (Å²) in [4.78, 5) is 0. The van der Waals surface area contributed by atoms with Crippen molar-refractivity contribution in [1.82, 2.24) is 0 Å². The lowest BCUT2D eigenvalue weighted by Crippen LogP contribution is -2.13. The molecular weight excluding hydrogens is 287 g/mol. The van der Waals surface area contributed by atoms with Crippen LogP contribution in [0.2, 0.25) is 0 Å². The molecule has 0 fully saturated rings. The molecule has 1 aromatic carbocycles. The van der Waals surface area contributed by atoms with Crippen molar-refractivity contribution in [1.29, 1.82) is 0 Å². The molecule has 1 rings (SSSR count). The highest BCUT2D eigenvalue weighted by atomic mass is 32.2. The monoisotopic (exact) mass is 308 g/mol. The summed E-state index contributed by atoms with van der Waals surface area (Å²) in [6.45, 7) is 6.03. The Morgan fingerprint density at radius 2 is 1.95 bits per heavy atom. The zero-order valence-electron chi connectivity index (χ0n) is 11.6. The highest BCUT2D eigenvalue weighted by Gasteiger charge is 2.10. The third-order valence-corrected chi connectivity index (χ3v) is 3.88. The van der Waals surface area contributed by atoms with Crippen LogP contribution in [0.25, 0.3) is 0 Å². The molecule has 0 saturated carbocycles. The van der Waals surface area contributed by atoms with Gasteiger partial charge in [0.25, 0.3) is 0 Å². The second-order valence-corrected chi connectivity index (χ2v) is 6.55. The maximum absolute atomic E-state index is 11.7. The summed E-state index contributed by atoms with van der Waals surface area (Å²) in [5.41, 5.74) is 6.29. The highest BCUT2D eigenvalue weighted by Crippen LogP contribution is 2.26. The molecule has 3 N–H and O–H groups in total. The second kappa shape index (κ2) is 8.19. The first-order chi connectivity index (χ1) is 8.83. The summed E-state index contributed by atoms with van der Waals surface area (Å²) in [5, 5.41) is 0.325. The number of sulfonamides is 1. The fourth-order valence-electron chi connectivity index (χ4n) is 1.22. The second-order valence-electron chi connectivity index (χ2n) is 3.40. The van der Waals surface area contributed by atoms with Crippen LogP contribution in [0.4, 0.5) is 11.4 Å². The van der Waals surface area contributed by atoms with Gasteiger partial charge in [-0.1, -0.05) is 13.8 Å². The van der Waals surface area contributed by atoms with Gasteiger partial charge < -0.3 is 10.3 Å². The molecule has 8 heteroatoms. The van der Waals surface area contributed by atoms with Crippen LogP contribution in [0.1, 0.15) is 20.8 Å². The van der Waals surface area contributed by atoms with E-state index in [0.717, 1.165) is 6.26 Å². The molecule has 0 aliphatic rings. The number of benzene rings is 1. The molecule has 1 aromatic rings. The van der Waals surface area contributed by atoms with E-state index in [1.54, 1.807) is 6.92 Å². The summed E-state index contributed by atoms with van der Waals surface area (Å²) in [7, 11) is -5.80. The predicted octanol–water partition coefficient (Wildman–Crippen LogP) is 1.80. The zero-order chi connectivity index (χ0) is 15.1. The lowest BCUT2D eigenvalue weighted by Gasteiger charge is -2.09. The van der Waals surface area contributed by atoms with Gasteiger partial charge >= 0.3 is 0 Å². The van der Waals surface area contributed by atoms with Crippen molar-refractivity contribution >= 4 is 34.7 Å². The van der Waals surface area contributed by atoms with Gasteiger partial charge in [-0.3, -0.25) is 9.29 Å². The Bertz CT molecular complexity index is 531. The molecule has 1 atom stereocenters. The van der Waals surface area contributed by atoms with Crippen molar-refractivity contribution in [3.63, 3.8) is 0 Å². The maximum Gasteiger partial charge on any atom is 0.229 e. The van der Waals surface area contributed by atoms with Crippen molar-refractivity contribution < 1.29 is 17.5 Å². The van der Waals surface area contributed by atoms with Gasteiger partial charge in [0.05, 0.1) is 18.2 Å². The fraction of sp³-hybridized carbons (Fsp3) is 0.455. The van der Waals surface area contributed by atoms with Crippen molar-refractivity contribution in [3.8, 4) is 0 Å². The van der Waals surface area contributed by atoms with E-state index in [0.29, 0.717) is 23.3 Å². The Kier molecular flexibility index (Phi) is 7.75. The van der Waals surface area contributed by atoms with E-state index in [4.69, 9.17) is 10.3 Å². The van der Waals surface area contributed by atoms with E-state index in [9.17, 15) is 13.0 Å². The number of nitrogen functional groups attached to an aromatic ring is 1. The Morgan fingerprint density at radius 1 is 1.37 bits per heavy atom.